The molecule has 5 nitrogen and oxygen atoms in total. The van der Waals surface area contributed by atoms with E-state index in [1.165, 1.54) is 23.8 Å². The summed E-state index contributed by atoms with van der Waals surface area (Å²) in [5.41, 5.74) is -0.799. The van der Waals surface area contributed by atoms with Gasteiger partial charge in [-0.2, -0.15) is 0 Å². The van der Waals surface area contributed by atoms with E-state index in [4.69, 9.17) is 0 Å². The molecule has 21 heavy (non-hydrogen) atoms. The smallest absolute Gasteiger partial charge is 0.331 e. The van der Waals surface area contributed by atoms with Gasteiger partial charge < -0.3 is 5.11 Å². The average Bonchev–Trinajstić information content (AvgIpc) is 2.36. The van der Waals surface area contributed by atoms with Gasteiger partial charge in [0.2, 0.25) is 5.88 Å². The maximum atomic E-state index is 12.4. The number of hydrogen-bond donors (Lipinski definition) is 2. The van der Waals surface area contributed by atoms with Crippen molar-refractivity contribution in [1.29, 1.82) is 0 Å². The van der Waals surface area contributed by atoms with E-state index in [2.05, 4.69) is 4.98 Å². The normalized spacial score (nSPS) is 37.1. The topological polar surface area (TPSA) is 75.1 Å². The second-order valence-corrected chi connectivity index (χ2v) is 7.39. The van der Waals surface area contributed by atoms with Gasteiger partial charge in [0.05, 0.1) is 11.1 Å². The third-order valence-electron chi connectivity index (χ3n) is 6.01. The zero-order valence-electron chi connectivity index (χ0n) is 12.4. The fourth-order valence-electron chi connectivity index (χ4n) is 5.66. The molecule has 0 saturated heterocycles. The first-order valence-corrected chi connectivity index (χ1v) is 8.10. The third kappa shape index (κ3) is 1.75. The summed E-state index contributed by atoms with van der Waals surface area (Å²) in [5, 5.41) is 10.6. The molecule has 0 aromatic carbocycles. The van der Waals surface area contributed by atoms with Gasteiger partial charge >= 0.3 is 5.69 Å². The summed E-state index contributed by atoms with van der Waals surface area (Å²) < 4.78 is 1.54. The standard InChI is InChI=1S/C16H22N2O3/c1-2-12-13(19)17-15(21)18(14(12)20)16-6-9-3-10(7-16)5-11(4-9)8-16/h9-11,20H,2-8H2,1H3,(H,17,19,21). The largest absolute Gasteiger partial charge is 0.494 e. The average molecular weight is 290 g/mol. The van der Waals surface area contributed by atoms with Gasteiger partial charge in [-0.3, -0.25) is 14.3 Å². The van der Waals surface area contributed by atoms with Crippen LogP contribution in [0.5, 0.6) is 5.88 Å². The molecule has 0 amide bonds. The molecule has 4 aliphatic rings. The highest BCUT2D eigenvalue weighted by molar-refractivity contribution is 5.25. The van der Waals surface area contributed by atoms with Crippen LogP contribution in [0.15, 0.2) is 9.59 Å². The van der Waals surface area contributed by atoms with Gasteiger partial charge in [0.25, 0.3) is 5.56 Å². The van der Waals surface area contributed by atoms with Crippen molar-refractivity contribution in [3.05, 3.63) is 26.4 Å². The number of aromatic nitrogens is 2. The molecule has 4 bridgehead atoms. The third-order valence-corrected chi connectivity index (χ3v) is 6.01. The van der Waals surface area contributed by atoms with E-state index in [1.807, 2.05) is 6.92 Å². The number of nitrogens with zero attached hydrogens (tertiary/aromatic N) is 1. The van der Waals surface area contributed by atoms with Gasteiger partial charge in [0.15, 0.2) is 0 Å². The highest BCUT2D eigenvalue weighted by Gasteiger charge is 2.53. The lowest BCUT2D eigenvalue weighted by molar-refractivity contribution is -0.0487. The summed E-state index contributed by atoms with van der Waals surface area (Å²) in [6.45, 7) is 1.83. The molecule has 114 valence electrons. The number of aromatic amines is 1. The van der Waals surface area contributed by atoms with Gasteiger partial charge in [0, 0.05) is 0 Å². The predicted octanol–water partition coefficient (Wildman–Crippen LogP) is 1.73. The van der Waals surface area contributed by atoms with Crippen LogP contribution >= 0.6 is 0 Å². The summed E-state index contributed by atoms with van der Waals surface area (Å²) in [5.74, 6) is 1.95. The highest BCUT2D eigenvalue weighted by atomic mass is 16.3. The SMILES string of the molecule is CCc1c(O)n(C23CC4CC(CC(C4)C2)C3)c(=O)[nH]c1=O. The number of H-pyrrole nitrogens is 1. The Labute approximate surface area is 123 Å². The van der Waals surface area contributed by atoms with Crippen molar-refractivity contribution in [1.82, 2.24) is 9.55 Å². The van der Waals surface area contributed by atoms with Crippen molar-refractivity contribution in [2.24, 2.45) is 17.8 Å². The Balaban J connectivity index is 1.91. The predicted molar refractivity (Wildman–Crippen MR) is 78.5 cm³/mol. The first-order chi connectivity index (χ1) is 10.0. The lowest BCUT2D eigenvalue weighted by Gasteiger charge is -2.57. The van der Waals surface area contributed by atoms with Gasteiger partial charge in [-0.1, -0.05) is 6.92 Å². The number of aromatic hydroxyl groups is 1. The summed E-state index contributed by atoms with van der Waals surface area (Å²) in [4.78, 5) is 26.7. The molecular weight excluding hydrogens is 268 g/mol. The van der Waals surface area contributed by atoms with E-state index >= 15 is 0 Å². The van der Waals surface area contributed by atoms with Crippen LogP contribution < -0.4 is 11.2 Å². The fraction of sp³-hybridized carbons (Fsp3) is 0.750. The van der Waals surface area contributed by atoms with Crippen LogP contribution in [0.4, 0.5) is 0 Å². The van der Waals surface area contributed by atoms with Crippen LogP contribution in [0.25, 0.3) is 0 Å². The molecule has 5 heteroatoms. The minimum Gasteiger partial charge on any atom is -0.494 e. The summed E-state index contributed by atoms with van der Waals surface area (Å²) in [6.07, 6.45) is 7.19. The number of nitrogens with one attached hydrogen (secondary N) is 1. The van der Waals surface area contributed by atoms with E-state index in [9.17, 15) is 14.7 Å². The van der Waals surface area contributed by atoms with E-state index in [-0.39, 0.29) is 11.4 Å². The van der Waals surface area contributed by atoms with E-state index < -0.39 is 11.2 Å². The van der Waals surface area contributed by atoms with Crippen LogP contribution in [0, 0.1) is 17.8 Å². The van der Waals surface area contributed by atoms with Crippen molar-refractivity contribution in [2.45, 2.75) is 57.4 Å². The molecule has 4 saturated carbocycles. The highest BCUT2D eigenvalue weighted by Crippen LogP contribution is 2.59. The Morgan fingerprint density at radius 1 is 1.14 bits per heavy atom. The van der Waals surface area contributed by atoms with E-state index in [0.29, 0.717) is 29.7 Å². The van der Waals surface area contributed by atoms with E-state index in [1.54, 1.807) is 0 Å². The molecule has 2 N–H and O–H groups in total. The molecule has 1 heterocycles. The monoisotopic (exact) mass is 290 g/mol. The first-order valence-electron chi connectivity index (χ1n) is 8.10. The van der Waals surface area contributed by atoms with Gasteiger partial charge in [0.1, 0.15) is 0 Å². The maximum Gasteiger partial charge on any atom is 0.331 e. The van der Waals surface area contributed by atoms with Gasteiger partial charge in [-0.05, 0) is 62.7 Å². The Morgan fingerprint density at radius 3 is 2.14 bits per heavy atom. The summed E-state index contributed by atoms with van der Waals surface area (Å²) >= 11 is 0. The molecule has 1 aromatic heterocycles. The van der Waals surface area contributed by atoms with Crippen LogP contribution in [0.1, 0.15) is 51.0 Å². The molecular formula is C16H22N2O3. The first kappa shape index (κ1) is 13.2. The Kier molecular flexibility index (Phi) is 2.66. The lowest BCUT2D eigenvalue weighted by atomic mass is 9.53. The van der Waals surface area contributed by atoms with Gasteiger partial charge in [-0.25, -0.2) is 4.79 Å². The van der Waals surface area contributed by atoms with Crippen LogP contribution in [-0.4, -0.2) is 14.7 Å². The zero-order valence-corrected chi connectivity index (χ0v) is 12.4. The minimum atomic E-state index is -0.444. The molecule has 0 atom stereocenters. The molecule has 0 aliphatic heterocycles. The Hall–Kier alpha value is -1.52. The zero-order chi connectivity index (χ0) is 14.8. The summed E-state index contributed by atoms with van der Waals surface area (Å²) in [6, 6.07) is 0. The quantitative estimate of drug-likeness (QED) is 0.871. The second kappa shape index (κ2) is 4.24. The minimum absolute atomic E-state index is 0.0896. The molecule has 1 aromatic rings. The maximum absolute atomic E-state index is 12.4. The second-order valence-electron chi connectivity index (χ2n) is 7.39. The lowest BCUT2D eigenvalue weighted by Crippen LogP contribution is -2.55. The summed E-state index contributed by atoms with van der Waals surface area (Å²) in [7, 11) is 0. The number of rotatable bonds is 2. The Bertz CT molecular complexity index is 665. The van der Waals surface area contributed by atoms with E-state index in [0.717, 1.165) is 19.3 Å². The van der Waals surface area contributed by atoms with Crippen LogP contribution in [0.2, 0.25) is 0 Å². The molecule has 5 rings (SSSR count). The molecule has 4 fully saturated rings. The van der Waals surface area contributed by atoms with Crippen molar-refractivity contribution >= 4 is 0 Å². The van der Waals surface area contributed by atoms with Crippen molar-refractivity contribution < 1.29 is 5.11 Å². The Morgan fingerprint density at radius 2 is 1.67 bits per heavy atom. The van der Waals surface area contributed by atoms with Crippen molar-refractivity contribution in [2.75, 3.05) is 0 Å². The van der Waals surface area contributed by atoms with Crippen molar-refractivity contribution in [3.63, 3.8) is 0 Å². The number of hydrogen-bond acceptors (Lipinski definition) is 3. The van der Waals surface area contributed by atoms with Crippen LogP contribution in [-0.2, 0) is 12.0 Å². The molecule has 0 unspecified atom stereocenters. The molecule has 4 aliphatic carbocycles. The van der Waals surface area contributed by atoms with Crippen LogP contribution in [0.3, 0.4) is 0 Å². The molecule has 0 radical (unpaired) electrons. The fourth-order valence-corrected chi connectivity index (χ4v) is 5.66. The van der Waals surface area contributed by atoms with Gasteiger partial charge in [-0.15, -0.1) is 0 Å². The molecule has 0 spiro atoms. The van der Waals surface area contributed by atoms with Crippen molar-refractivity contribution in [3.8, 4) is 5.88 Å².